The first-order chi connectivity index (χ1) is 22.0. The third kappa shape index (κ3) is 5.64. The molecular weight excluding hydrogens is 676 g/mol. The first-order valence-electron chi connectivity index (χ1n) is 15.8. The maximum absolute atomic E-state index is 17.3. The van der Waals surface area contributed by atoms with Crippen LogP contribution in [0.4, 0.5) is 8.78 Å². The molecule has 0 unspecified atom stereocenters. The normalized spacial score (nSPS) is 23.7. The number of alkyl halides is 2. The van der Waals surface area contributed by atoms with Crippen LogP contribution in [0.15, 0.2) is 88.2 Å². The maximum Gasteiger partial charge on any atom is 0.287 e. The fourth-order valence-electron chi connectivity index (χ4n) is 7.97. The molecule has 0 radical (unpaired) electrons. The third-order valence-corrected chi connectivity index (χ3v) is 11.9. The monoisotopic (exact) mass is 711 g/mol. The van der Waals surface area contributed by atoms with Gasteiger partial charge in [0, 0.05) is 28.2 Å². The number of fused-ring (bicyclic) bond motifs is 4. The predicted octanol–water partition coefficient (Wildman–Crippen LogP) is 7.17. The molecule has 7 nitrogen and oxygen atoms in total. The third-order valence-electron chi connectivity index (χ3n) is 10.2. The van der Waals surface area contributed by atoms with Crippen molar-refractivity contribution in [2.45, 2.75) is 85.9 Å². The molecule has 1 amide bonds. The van der Waals surface area contributed by atoms with Crippen LogP contribution < -0.4 is 10.6 Å². The Morgan fingerprint density at radius 3 is 2.24 bits per heavy atom. The van der Waals surface area contributed by atoms with E-state index >= 15 is 8.78 Å². The lowest BCUT2D eigenvalue weighted by Gasteiger charge is -2.45. The molecule has 3 aliphatic rings. The number of nitrogens with zero attached hydrogens (tertiary/aromatic N) is 1. The van der Waals surface area contributed by atoms with E-state index in [0.717, 1.165) is 15.2 Å². The summed E-state index contributed by atoms with van der Waals surface area (Å²) < 4.78 is 62.5. The highest BCUT2D eigenvalue weighted by Gasteiger charge is 2.62. The molecule has 3 fully saturated rings. The number of carbonyl (C=O) groups is 1. The zero-order valence-electron chi connectivity index (χ0n) is 25.2. The molecule has 11 heteroatoms. The van der Waals surface area contributed by atoms with Crippen molar-refractivity contribution in [3.63, 3.8) is 0 Å². The average Bonchev–Trinajstić information content (AvgIpc) is 3.62. The van der Waals surface area contributed by atoms with Crippen LogP contribution in [0.5, 0.6) is 0 Å². The van der Waals surface area contributed by atoms with Crippen molar-refractivity contribution in [1.29, 1.82) is 0 Å². The summed E-state index contributed by atoms with van der Waals surface area (Å²) in [6, 6.07) is 21.2. The summed E-state index contributed by atoms with van der Waals surface area (Å²) in [5.74, 6) is -6.35. The van der Waals surface area contributed by atoms with Crippen LogP contribution in [0.2, 0.25) is 0 Å². The van der Waals surface area contributed by atoms with Crippen molar-refractivity contribution in [1.82, 2.24) is 9.79 Å². The molecule has 0 aromatic heterocycles. The van der Waals surface area contributed by atoms with Gasteiger partial charge in [-0.3, -0.25) is 9.63 Å². The first kappa shape index (κ1) is 31.6. The van der Waals surface area contributed by atoms with Gasteiger partial charge in [0.1, 0.15) is 11.5 Å². The van der Waals surface area contributed by atoms with Gasteiger partial charge in [0.05, 0.1) is 4.90 Å². The van der Waals surface area contributed by atoms with Gasteiger partial charge in [0.25, 0.3) is 15.9 Å². The lowest BCUT2D eigenvalue weighted by atomic mass is 9.76. The van der Waals surface area contributed by atoms with Crippen LogP contribution in [0.1, 0.15) is 56.9 Å². The predicted molar refractivity (Wildman–Crippen MR) is 176 cm³/mol. The van der Waals surface area contributed by atoms with Crippen LogP contribution in [-0.4, -0.2) is 43.0 Å². The molecule has 2 aliphatic heterocycles. The summed E-state index contributed by atoms with van der Waals surface area (Å²) in [6.07, 6.45) is 3.74. The summed E-state index contributed by atoms with van der Waals surface area (Å²) in [7, 11) is -4.28. The molecule has 7 rings (SSSR count). The molecule has 0 spiro atoms. The Kier molecular flexibility index (Phi) is 8.20. The first-order valence-corrected chi connectivity index (χ1v) is 18.1. The van der Waals surface area contributed by atoms with Crippen molar-refractivity contribution < 1.29 is 26.8 Å². The SMILES string of the molecule is NC1C[C@H]2CC[C@H](C1)N2C(=O)[C@@H](C1(ONS(=O)(=O)c2ccc3ccccc3c2)CCCC1)C(F)(F)c1ccc2cc(Br)ccc2c1. The summed E-state index contributed by atoms with van der Waals surface area (Å²) in [4.78, 5) is 24.5. The second kappa shape index (κ2) is 11.9. The van der Waals surface area contributed by atoms with Crippen LogP contribution in [0.25, 0.3) is 21.5 Å². The lowest BCUT2D eigenvalue weighted by Crippen LogP contribution is -2.60. The van der Waals surface area contributed by atoms with Gasteiger partial charge in [0.15, 0.2) is 0 Å². The average molecular weight is 713 g/mol. The summed E-state index contributed by atoms with van der Waals surface area (Å²) in [5, 5.41) is 2.95. The van der Waals surface area contributed by atoms with Gasteiger partial charge in [-0.1, -0.05) is 82.2 Å². The lowest BCUT2D eigenvalue weighted by molar-refractivity contribution is -0.205. The molecule has 3 N–H and O–H groups in total. The molecule has 2 heterocycles. The number of nitrogens with two attached hydrogens (primary N) is 1. The van der Waals surface area contributed by atoms with Gasteiger partial charge < -0.3 is 10.6 Å². The van der Waals surface area contributed by atoms with E-state index in [2.05, 4.69) is 20.8 Å². The largest absolute Gasteiger partial charge is 0.336 e. The minimum absolute atomic E-state index is 0.0577. The van der Waals surface area contributed by atoms with Crippen molar-refractivity contribution >= 4 is 53.4 Å². The minimum Gasteiger partial charge on any atom is -0.336 e. The molecule has 4 aromatic carbocycles. The van der Waals surface area contributed by atoms with Gasteiger partial charge in [-0.15, -0.1) is 0 Å². The fraction of sp³-hybridized carbons (Fsp3) is 0.400. The fourth-order valence-corrected chi connectivity index (χ4v) is 9.25. The van der Waals surface area contributed by atoms with E-state index in [1.165, 1.54) is 24.3 Å². The number of halogens is 3. The number of sulfonamides is 1. The Balaban J connectivity index is 1.29. The molecule has 3 atom stereocenters. The van der Waals surface area contributed by atoms with Gasteiger partial charge >= 0.3 is 0 Å². The molecule has 1 saturated carbocycles. The van der Waals surface area contributed by atoms with E-state index in [-0.39, 0.29) is 41.4 Å². The van der Waals surface area contributed by atoms with Gasteiger partial charge in [-0.25, -0.2) is 17.2 Å². The number of hydrogen-bond donors (Lipinski definition) is 2. The molecule has 1 aliphatic carbocycles. The Hall–Kier alpha value is -2.96. The second-order valence-electron chi connectivity index (χ2n) is 13.1. The highest BCUT2D eigenvalue weighted by atomic mass is 79.9. The van der Waals surface area contributed by atoms with Crippen molar-refractivity contribution in [3.8, 4) is 0 Å². The highest BCUT2D eigenvalue weighted by Crippen LogP contribution is 2.52. The number of rotatable bonds is 8. The van der Waals surface area contributed by atoms with Gasteiger partial charge in [-0.05, 0) is 90.4 Å². The Bertz CT molecular complexity index is 1900. The standard InChI is InChI=1S/C35H36BrF2N3O4S/c36-27-11-8-24-17-26(10-7-25(24)18-27)35(37,38)32(33(42)41-29-12-13-30(41)21-28(39)20-29)34(15-3-4-16-34)45-40-46(43,44)31-14-9-22-5-1-2-6-23(22)19-31/h1-2,5-11,14,17-19,28-30,32,40H,3-4,12-13,15-16,20-21,39H2/t29-,30-,32+/m1/s1. The van der Waals surface area contributed by atoms with Crippen LogP contribution in [-0.2, 0) is 25.6 Å². The number of carbonyl (C=O) groups excluding carboxylic acids is 1. The van der Waals surface area contributed by atoms with E-state index < -0.39 is 33.4 Å². The van der Waals surface area contributed by atoms with Crippen molar-refractivity contribution in [2.75, 3.05) is 0 Å². The topological polar surface area (TPSA) is 102 Å². The number of piperidine rings is 1. The van der Waals surface area contributed by atoms with Gasteiger partial charge in [-0.2, -0.15) is 0 Å². The van der Waals surface area contributed by atoms with E-state index in [4.69, 9.17) is 10.6 Å². The molecule has 2 bridgehead atoms. The van der Waals surface area contributed by atoms with Crippen LogP contribution >= 0.6 is 15.9 Å². The molecule has 242 valence electrons. The summed E-state index contributed by atoms with van der Waals surface area (Å²) in [6.45, 7) is 0. The van der Waals surface area contributed by atoms with Gasteiger partial charge in [0.2, 0.25) is 5.91 Å². The zero-order valence-corrected chi connectivity index (χ0v) is 27.6. The zero-order chi connectivity index (χ0) is 32.3. The Morgan fingerprint density at radius 2 is 1.52 bits per heavy atom. The van der Waals surface area contributed by atoms with Crippen molar-refractivity contribution in [2.24, 2.45) is 11.7 Å². The number of nitrogens with one attached hydrogen (secondary N) is 1. The quantitative estimate of drug-likeness (QED) is 0.189. The Morgan fingerprint density at radius 1 is 0.913 bits per heavy atom. The highest BCUT2D eigenvalue weighted by molar-refractivity contribution is 9.10. The summed E-state index contributed by atoms with van der Waals surface area (Å²) >= 11 is 3.43. The summed E-state index contributed by atoms with van der Waals surface area (Å²) in [5.41, 5.74) is 4.19. The van der Waals surface area contributed by atoms with Crippen LogP contribution in [0, 0.1) is 5.92 Å². The molecular formula is C35H36BrF2N3O4S. The van der Waals surface area contributed by atoms with E-state index in [1.807, 2.05) is 18.2 Å². The molecule has 2 saturated heterocycles. The second-order valence-corrected chi connectivity index (χ2v) is 15.7. The van der Waals surface area contributed by atoms with Crippen molar-refractivity contribution in [3.05, 3.63) is 88.9 Å². The van der Waals surface area contributed by atoms with E-state index in [0.29, 0.717) is 49.3 Å². The maximum atomic E-state index is 17.3. The van der Waals surface area contributed by atoms with E-state index in [9.17, 15) is 13.2 Å². The van der Waals surface area contributed by atoms with E-state index in [1.54, 1.807) is 41.3 Å². The smallest absolute Gasteiger partial charge is 0.287 e. The minimum atomic E-state index is -4.28. The molecule has 4 aromatic rings. The molecule has 46 heavy (non-hydrogen) atoms. The Labute approximate surface area is 275 Å². The van der Waals surface area contributed by atoms with Crippen LogP contribution in [0.3, 0.4) is 0 Å². The number of benzene rings is 4. The number of hydrogen-bond acceptors (Lipinski definition) is 5. The number of amides is 1.